The van der Waals surface area contributed by atoms with Crippen LogP contribution in [-0.4, -0.2) is 42.6 Å². The van der Waals surface area contributed by atoms with Crippen molar-refractivity contribution in [1.29, 1.82) is 0 Å². The third kappa shape index (κ3) is 3.37. The van der Waals surface area contributed by atoms with Crippen LogP contribution in [0.4, 0.5) is 0 Å². The van der Waals surface area contributed by atoms with Crippen LogP contribution in [0.3, 0.4) is 0 Å². The van der Waals surface area contributed by atoms with Crippen LogP contribution in [0.1, 0.15) is 13.3 Å². The van der Waals surface area contributed by atoms with Crippen molar-refractivity contribution in [2.75, 3.05) is 6.54 Å². The van der Waals surface area contributed by atoms with Crippen LogP contribution in [0.5, 0.6) is 0 Å². The van der Waals surface area contributed by atoms with E-state index in [4.69, 9.17) is 19.6 Å². The Kier molecular flexibility index (Phi) is 4.35. The zero-order valence-electron chi connectivity index (χ0n) is 8.67. The monoisotopic (exact) mass is 271 g/mol. The minimum atomic E-state index is -4.87. The van der Waals surface area contributed by atoms with Gasteiger partial charge in [0, 0.05) is 12.6 Å². The highest BCUT2D eigenvalue weighted by Gasteiger charge is 2.49. The highest BCUT2D eigenvalue weighted by atomic mass is 31.2. The Labute approximate surface area is 93.8 Å². The summed E-state index contributed by atoms with van der Waals surface area (Å²) in [6.45, 7) is 1.85. The highest BCUT2D eigenvalue weighted by molar-refractivity contribution is 7.70. The summed E-state index contributed by atoms with van der Waals surface area (Å²) >= 11 is 0. The molecule has 94 valence electrons. The Morgan fingerprint density at radius 3 is 2.12 bits per heavy atom. The molecule has 0 aromatic heterocycles. The van der Waals surface area contributed by atoms with Crippen LogP contribution >= 0.6 is 15.2 Å². The third-order valence-corrected chi connectivity index (χ3v) is 5.99. The number of rotatable bonds is 3. The molecule has 1 saturated heterocycles. The molecule has 1 aliphatic heterocycles. The molecular weight excluding hydrogens is 256 g/mol. The quantitative estimate of drug-likeness (QED) is 0.538. The van der Waals surface area contributed by atoms with Gasteiger partial charge >= 0.3 is 15.2 Å². The Balaban J connectivity index is 3.02. The molecule has 16 heavy (non-hydrogen) atoms. The van der Waals surface area contributed by atoms with E-state index < -0.39 is 26.8 Å². The van der Waals surface area contributed by atoms with Gasteiger partial charge in [0.25, 0.3) is 0 Å². The lowest BCUT2D eigenvalue weighted by Crippen LogP contribution is -2.45. The molecule has 1 atom stereocenters. The Morgan fingerprint density at radius 2 is 1.75 bits per heavy atom. The van der Waals surface area contributed by atoms with E-state index in [0.717, 1.165) is 4.90 Å². The second-order valence-corrected chi connectivity index (χ2v) is 7.46. The minimum Gasteiger partial charge on any atom is -0.323 e. The molecule has 1 aliphatic rings. The SMILES string of the molecule is CC1[CH][CH]CCN1C(P(=O)(O)O)P(=O)(O)O. The Hall–Kier alpha value is 0.260. The van der Waals surface area contributed by atoms with Gasteiger partial charge in [-0.05, 0) is 26.2 Å². The molecule has 1 rings (SSSR count). The van der Waals surface area contributed by atoms with E-state index in [1.165, 1.54) is 0 Å². The summed E-state index contributed by atoms with van der Waals surface area (Å²) in [5, 5.41) is 0. The molecule has 9 heteroatoms. The molecule has 0 aliphatic carbocycles. The van der Waals surface area contributed by atoms with Gasteiger partial charge in [-0.1, -0.05) is 0 Å². The maximum atomic E-state index is 11.2. The van der Waals surface area contributed by atoms with Gasteiger partial charge in [0.2, 0.25) is 5.52 Å². The Bertz CT molecular complexity index is 314. The van der Waals surface area contributed by atoms with Gasteiger partial charge < -0.3 is 19.6 Å². The number of hydrogen-bond acceptors (Lipinski definition) is 3. The molecule has 2 radical (unpaired) electrons. The van der Waals surface area contributed by atoms with Crippen LogP contribution < -0.4 is 0 Å². The third-order valence-electron chi connectivity index (χ3n) is 2.39. The number of hydrogen-bond donors (Lipinski definition) is 4. The predicted octanol–water partition coefficient (Wildman–Crippen LogP) is 0.128. The van der Waals surface area contributed by atoms with Gasteiger partial charge in [0.05, 0.1) is 0 Å². The number of nitrogens with zero attached hydrogens (tertiary/aromatic N) is 1. The van der Waals surface area contributed by atoms with Gasteiger partial charge in [-0.2, -0.15) is 0 Å². The predicted molar refractivity (Wildman–Crippen MR) is 57.3 cm³/mol. The van der Waals surface area contributed by atoms with Gasteiger partial charge in [-0.25, -0.2) is 0 Å². The second-order valence-electron chi connectivity index (χ2n) is 3.72. The average molecular weight is 271 g/mol. The molecular formula is C7H15NO6P2. The number of likely N-dealkylation sites (tertiary alicyclic amines) is 1. The fraction of sp³-hybridized carbons (Fsp3) is 0.714. The fourth-order valence-corrected chi connectivity index (χ4v) is 4.73. The average Bonchev–Trinajstić information content (AvgIpc) is 2.03. The zero-order chi connectivity index (χ0) is 12.6. The van der Waals surface area contributed by atoms with Crippen molar-refractivity contribution < 1.29 is 28.7 Å². The molecule has 4 N–H and O–H groups in total. The van der Waals surface area contributed by atoms with Crippen molar-refractivity contribution in [3.63, 3.8) is 0 Å². The van der Waals surface area contributed by atoms with E-state index >= 15 is 0 Å². The van der Waals surface area contributed by atoms with Gasteiger partial charge in [-0.15, -0.1) is 0 Å². The lowest BCUT2D eigenvalue weighted by Gasteiger charge is -2.39. The molecule has 7 nitrogen and oxygen atoms in total. The molecule has 1 heterocycles. The summed E-state index contributed by atoms with van der Waals surface area (Å²) in [4.78, 5) is 37.3. The molecule has 0 amide bonds. The summed E-state index contributed by atoms with van der Waals surface area (Å²) < 4.78 is 22.3. The maximum Gasteiger partial charge on any atom is 0.354 e. The topological polar surface area (TPSA) is 118 Å². The first-order valence-corrected chi connectivity index (χ1v) is 8.03. The van der Waals surface area contributed by atoms with Crippen LogP contribution in [0, 0.1) is 12.8 Å². The highest BCUT2D eigenvalue weighted by Crippen LogP contribution is 2.61. The summed E-state index contributed by atoms with van der Waals surface area (Å²) in [6.07, 6.45) is 4.00. The van der Waals surface area contributed by atoms with E-state index in [9.17, 15) is 9.13 Å². The lowest BCUT2D eigenvalue weighted by atomic mass is 10.1. The van der Waals surface area contributed by atoms with Crippen molar-refractivity contribution in [2.45, 2.75) is 24.9 Å². The van der Waals surface area contributed by atoms with E-state index in [1.807, 2.05) is 6.42 Å². The second kappa shape index (κ2) is 4.86. The summed E-state index contributed by atoms with van der Waals surface area (Å²) in [6, 6.07) is -0.404. The first-order valence-electron chi connectivity index (χ1n) is 4.67. The van der Waals surface area contributed by atoms with Crippen LogP contribution in [0.2, 0.25) is 0 Å². The number of piperidine rings is 1. The zero-order valence-corrected chi connectivity index (χ0v) is 10.5. The van der Waals surface area contributed by atoms with Crippen LogP contribution in [0.25, 0.3) is 0 Å². The molecule has 1 unspecified atom stereocenters. The van der Waals surface area contributed by atoms with E-state index in [-0.39, 0.29) is 6.54 Å². The molecule has 0 bridgehead atoms. The van der Waals surface area contributed by atoms with Crippen molar-refractivity contribution in [3.8, 4) is 0 Å². The van der Waals surface area contributed by atoms with Crippen molar-refractivity contribution in [1.82, 2.24) is 4.90 Å². The van der Waals surface area contributed by atoms with Crippen molar-refractivity contribution in [2.24, 2.45) is 0 Å². The summed E-state index contributed by atoms with van der Waals surface area (Å²) in [7, 11) is -9.75. The van der Waals surface area contributed by atoms with Crippen LogP contribution in [-0.2, 0) is 9.13 Å². The van der Waals surface area contributed by atoms with Gasteiger partial charge in [0.15, 0.2) is 0 Å². The Morgan fingerprint density at radius 1 is 1.25 bits per heavy atom. The van der Waals surface area contributed by atoms with Crippen LogP contribution in [0.15, 0.2) is 0 Å². The van der Waals surface area contributed by atoms with E-state index in [2.05, 4.69) is 0 Å². The lowest BCUT2D eigenvalue weighted by molar-refractivity contribution is 0.185. The maximum absolute atomic E-state index is 11.2. The first kappa shape index (κ1) is 14.3. The van der Waals surface area contributed by atoms with Crippen molar-refractivity contribution >= 4 is 15.2 Å². The largest absolute Gasteiger partial charge is 0.354 e. The van der Waals surface area contributed by atoms with E-state index in [0.29, 0.717) is 6.42 Å². The smallest absolute Gasteiger partial charge is 0.323 e. The fourth-order valence-electron chi connectivity index (χ4n) is 1.74. The molecule has 1 fully saturated rings. The molecule has 0 aromatic carbocycles. The van der Waals surface area contributed by atoms with Gasteiger partial charge in [-0.3, -0.25) is 14.0 Å². The molecule has 0 saturated carbocycles. The normalized spacial score (nSPS) is 25.0. The summed E-state index contributed by atoms with van der Waals surface area (Å²) in [5.74, 6) is 0. The first-order chi connectivity index (χ1) is 7.14. The molecule has 0 spiro atoms. The van der Waals surface area contributed by atoms with Crippen molar-refractivity contribution in [3.05, 3.63) is 12.8 Å². The van der Waals surface area contributed by atoms with Gasteiger partial charge in [0.1, 0.15) is 0 Å². The summed E-state index contributed by atoms with van der Waals surface area (Å²) in [5.41, 5.74) is -2.04. The standard InChI is InChI=1S/C7H15NO6P2/c1-6-4-2-3-5-8(6)7(15(9,10)11)16(12,13)14/h2,4,6-7H,3,5H2,1H3,(H2,9,10,11)(H2,12,13,14). The van der Waals surface area contributed by atoms with E-state index in [1.54, 1.807) is 13.3 Å². The molecule has 0 aromatic rings. The minimum absolute atomic E-state index is 0.221.